The summed E-state index contributed by atoms with van der Waals surface area (Å²) in [5, 5.41) is 19.4. The highest BCUT2D eigenvalue weighted by molar-refractivity contribution is 14.0. The Hall–Kier alpha value is -2.15. The van der Waals surface area contributed by atoms with Crippen LogP contribution in [0.3, 0.4) is 0 Å². The van der Waals surface area contributed by atoms with Crippen LogP contribution < -0.4 is 10.6 Å². The van der Waals surface area contributed by atoms with Crippen molar-refractivity contribution >= 4 is 29.9 Å². The van der Waals surface area contributed by atoms with Crippen molar-refractivity contribution in [1.82, 2.24) is 15.8 Å². The number of aryl methyl sites for hydroxylation is 2. The van der Waals surface area contributed by atoms with Crippen molar-refractivity contribution in [2.45, 2.75) is 46.7 Å². The second kappa shape index (κ2) is 11.5. The van der Waals surface area contributed by atoms with E-state index in [1.807, 2.05) is 26.8 Å². The molecule has 0 spiro atoms. The summed E-state index contributed by atoms with van der Waals surface area (Å²) in [6, 6.07) is 6.28. The molecular formula is C19H25FIN5O. The van der Waals surface area contributed by atoms with Gasteiger partial charge in [0.05, 0.1) is 23.9 Å². The maximum atomic E-state index is 13.9. The lowest BCUT2D eigenvalue weighted by molar-refractivity contribution is 0.380. The second-order valence-corrected chi connectivity index (χ2v) is 5.70. The van der Waals surface area contributed by atoms with Gasteiger partial charge in [-0.3, -0.25) is 0 Å². The Balaban J connectivity index is 0.00000364. The highest BCUT2D eigenvalue weighted by Gasteiger charge is 2.13. The molecule has 2 aromatic rings. The summed E-state index contributed by atoms with van der Waals surface area (Å²) in [5.41, 5.74) is 2.77. The van der Waals surface area contributed by atoms with Gasteiger partial charge in [-0.1, -0.05) is 19.0 Å². The lowest BCUT2D eigenvalue weighted by Crippen LogP contribution is -2.37. The zero-order valence-electron chi connectivity index (χ0n) is 15.8. The molecule has 1 aromatic carbocycles. The molecular weight excluding hydrogens is 460 g/mol. The van der Waals surface area contributed by atoms with Gasteiger partial charge in [0.25, 0.3) is 0 Å². The normalized spacial score (nSPS) is 10.9. The predicted molar refractivity (Wildman–Crippen MR) is 113 cm³/mol. The van der Waals surface area contributed by atoms with E-state index in [0.717, 1.165) is 29.9 Å². The fourth-order valence-electron chi connectivity index (χ4n) is 2.58. The van der Waals surface area contributed by atoms with Crippen molar-refractivity contribution < 1.29 is 8.91 Å². The highest BCUT2D eigenvalue weighted by atomic mass is 127. The average Bonchev–Trinajstić information content (AvgIpc) is 3.07. The smallest absolute Gasteiger partial charge is 0.191 e. The summed E-state index contributed by atoms with van der Waals surface area (Å²) in [6.45, 7) is 7.36. The molecule has 2 rings (SSSR count). The molecule has 0 unspecified atom stereocenters. The fourth-order valence-corrected chi connectivity index (χ4v) is 2.58. The van der Waals surface area contributed by atoms with Crippen molar-refractivity contribution in [2.24, 2.45) is 4.99 Å². The molecule has 6 nitrogen and oxygen atoms in total. The predicted octanol–water partition coefficient (Wildman–Crippen LogP) is 3.68. The molecule has 0 bridgehead atoms. The number of hydrogen-bond acceptors (Lipinski definition) is 4. The molecule has 2 N–H and O–H groups in total. The van der Waals surface area contributed by atoms with Gasteiger partial charge in [-0.05, 0) is 31.5 Å². The highest BCUT2D eigenvalue weighted by Crippen LogP contribution is 2.15. The van der Waals surface area contributed by atoms with Crippen LogP contribution >= 0.6 is 24.0 Å². The minimum absolute atomic E-state index is 0. The van der Waals surface area contributed by atoms with Crippen LogP contribution in [0, 0.1) is 17.1 Å². The van der Waals surface area contributed by atoms with Gasteiger partial charge in [-0.15, -0.1) is 24.0 Å². The maximum absolute atomic E-state index is 13.9. The van der Waals surface area contributed by atoms with E-state index in [0.29, 0.717) is 30.2 Å². The van der Waals surface area contributed by atoms with E-state index in [-0.39, 0.29) is 36.3 Å². The Morgan fingerprint density at radius 2 is 2.04 bits per heavy atom. The molecule has 0 amide bonds. The third-order valence-corrected chi connectivity index (χ3v) is 3.97. The van der Waals surface area contributed by atoms with E-state index in [1.54, 1.807) is 0 Å². The van der Waals surface area contributed by atoms with Crippen LogP contribution in [0.25, 0.3) is 0 Å². The third-order valence-electron chi connectivity index (χ3n) is 3.97. The van der Waals surface area contributed by atoms with E-state index < -0.39 is 0 Å². The van der Waals surface area contributed by atoms with Gasteiger partial charge in [0.1, 0.15) is 11.6 Å². The molecule has 27 heavy (non-hydrogen) atoms. The minimum Gasteiger partial charge on any atom is -0.361 e. The second-order valence-electron chi connectivity index (χ2n) is 5.70. The zero-order valence-corrected chi connectivity index (χ0v) is 18.1. The largest absolute Gasteiger partial charge is 0.361 e. The van der Waals surface area contributed by atoms with Crippen LogP contribution in [0.4, 0.5) is 4.39 Å². The van der Waals surface area contributed by atoms with Gasteiger partial charge in [-0.25, -0.2) is 9.38 Å². The lowest BCUT2D eigenvalue weighted by Gasteiger charge is -2.12. The van der Waals surface area contributed by atoms with Crippen LogP contribution in [0.15, 0.2) is 27.7 Å². The Morgan fingerprint density at radius 1 is 1.26 bits per heavy atom. The number of benzene rings is 1. The molecule has 0 aliphatic heterocycles. The van der Waals surface area contributed by atoms with E-state index >= 15 is 0 Å². The number of aromatic nitrogens is 1. The van der Waals surface area contributed by atoms with Crippen LogP contribution in [0.2, 0.25) is 0 Å². The number of rotatable bonds is 7. The van der Waals surface area contributed by atoms with Crippen molar-refractivity contribution in [3.63, 3.8) is 0 Å². The van der Waals surface area contributed by atoms with Gasteiger partial charge >= 0.3 is 0 Å². The van der Waals surface area contributed by atoms with Crippen LogP contribution in [-0.4, -0.2) is 17.7 Å². The number of aliphatic imine (C=N–C) groups is 1. The Kier molecular flexibility index (Phi) is 9.78. The Morgan fingerprint density at radius 3 is 2.67 bits per heavy atom. The zero-order chi connectivity index (χ0) is 18.9. The maximum Gasteiger partial charge on any atom is 0.191 e. The number of halogens is 2. The van der Waals surface area contributed by atoms with E-state index in [4.69, 9.17) is 9.78 Å². The summed E-state index contributed by atoms with van der Waals surface area (Å²) in [7, 11) is 0. The number of hydrogen-bond donors (Lipinski definition) is 2. The van der Waals surface area contributed by atoms with Crippen LogP contribution in [0.5, 0.6) is 0 Å². The molecule has 0 saturated heterocycles. The number of nitrogens with one attached hydrogen (secondary N) is 2. The van der Waals surface area contributed by atoms with Crippen molar-refractivity contribution in [3.8, 4) is 6.07 Å². The summed E-state index contributed by atoms with van der Waals surface area (Å²) in [4.78, 5) is 4.42. The summed E-state index contributed by atoms with van der Waals surface area (Å²) in [5.74, 6) is 1.06. The fraction of sp³-hybridized carbons (Fsp3) is 0.421. The lowest BCUT2D eigenvalue weighted by atomic mass is 10.1. The SMILES string of the molecule is CCNC(=NCc1cc(C#N)ccc1F)NCc1c(CC)noc1CC.I. The molecule has 0 atom stereocenters. The minimum atomic E-state index is -0.371. The van der Waals surface area contributed by atoms with Crippen LogP contribution in [0.1, 0.15) is 48.9 Å². The number of guanidine groups is 1. The first-order valence-corrected chi connectivity index (χ1v) is 8.79. The molecule has 0 aliphatic carbocycles. The standard InChI is InChI=1S/C19H24FN5O.HI/c1-4-17-15(18(5-2)26-25-17)12-24-19(22-6-3)23-11-14-9-13(10-21)7-8-16(14)20;/h7-9H,4-6,11-12H2,1-3H3,(H2,22,23,24);1H. The quantitative estimate of drug-likeness (QED) is 0.355. The van der Waals surface area contributed by atoms with Crippen LogP contribution in [-0.2, 0) is 25.9 Å². The molecule has 146 valence electrons. The number of nitriles is 1. The van der Waals surface area contributed by atoms with Gasteiger partial charge in [0.2, 0.25) is 0 Å². The van der Waals surface area contributed by atoms with E-state index in [9.17, 15) is 4.39 Å². The molecule has 0 radical (unpaired) electrons. The summed E-state index contributed by atoms with van der Waals surface area (Å²) in [6.07, 6.45) is 1.56. The molecule has 0 aliphatic rings. The van der Waals surface area contributed by atoms with Crippen molar-refractivity contribution in [3.05, 3.63) is 52.2 Å². The monoisotopic (exact) mass is 485 g/mol. The average molecular weight is 485 g/mol. The van der Waals surface area contributed by atoms with Crippen molar-refractivity contribution in [2.75, 3.05) is 6.54 Å². The molecule has 1 aromatic heterocycles. The summed E-state index contributed by atoms with van der Waals surface area (Å²) < 4.78 is 19.3. The van der Waals surface area contributed by atoms with Crippen molar-refractivity contribution in [1.29, 1.82) is 5.26 Å². The molecule has 8 heteroatoms. The first-order chi connectivity index (χ1) is 12.6. The van der Waals surface area contributed by atoms with E-state index in [1.165, 1.54) is 18.2 Å². The first kappa shape index (κ1) is 22.9. The number of nitrogens with zero attached hydrogens (tertiary/aromatic N) is 3. The molecule has 0 fully saturated rings. The van der Waals surface area contributed by atoms with Gasteiger partial charge in [-0.2, -0.15) is 5.26 Å². The first-order valence-electron chi connectivity index (χ1n) is 8.79. The molecule has 0 saturated carbocycles. The van der Waals surface area contributed by atoms with Gasteiger partial charge in [0.15, 0.2) is 5.96 Å². The molecule has 1 heterocycles. The Bertz CT molecular complexity index is 791. The Labute approximate surface area is 176 Å². The third kappa shape index (κ3) is 6.20. The topological polar surface area (TPSA) is 86.2 Å². The van der Waals surface area contributed by atoms with Gasteiger partial charge in [0, 0.05) is 30.6 Å². The summed E-state index contributed by atoms with van der Waals surface area (Å²) >= 11 is 0. The van der Waals surface area contributed by atoms with Gasteiger partial charge < -0.3 is 15.2 Å². The van der Waals surface area contributed by atoms with E-state index in [2.05, 4.69) is 20.8 Å².